The van der Waals surface area contributed by atoms with Gasteiger partial charge in [-0.1, -0.05) is 12.1 Å². The van der Waals surface area contributed by atoms with Gasteiger partial charge in [-0.15, -0.1) is 0 Å². The topological polar surface area (TPSA) is 64.9 Å². The first-order chi connectivity index (χ1) is 11.7. The molecule has 1 N–H and O–H groups in total. The van der Waals surface area contributed by atoms with Gasteiger partial charge in [0.2, 0.25) is 5.89 Å². The van der Waals surface area contributed by atoms with Crippen LogP contribution in [0.1, 0.15) is 5.89 Å². The minimum atomic E-state index is -0.0327. The van der Waals surface area contributed by atoms with Crippen LogP contribution in [0.5, 0.6) is 0 Å². The van der Waals surface area contributed by atoms with Crippen LogP contribution in [-0.2, 0) is 4.79 Å². The molecule has 4 fully saturated rings. The molecule has 2 aromatic rings. The maximum atomic E-state index is 11.6. The third-order valence-electron chi connectivity index (χ3n) is 4.98. The molecule has 24 heavy (non-hydrogen) atoms. The summed E-state index contributed by atoms with van der Waals surface area (Å²) in [6.45, 7) is 6.10. The van der Waals surface area contributed by atoms with Crippen molar-refractivity contribution in [2.45, 2.75) is 5.54 Å². The number of benzene rings is 1. The highest BCUT2D eigenvalue weighted by atomic mass is 16.3. The monoisotopic (exact) mass is 325 g/mol. The number of para-hydroxylation sites is 2. The second-order valence-corrected chi connectivity index (χ2v) is 7.04. The normalized spacial score (nSPS) is 34.7. The largest absolute Gasteiger partial charge is 0.436 e. The molecular weight excluding hydrogens is 306 g/mol. The van der Waals surface area contributed by atoms with Crippen LogP contribution in [0.2, 0.25) is 0 Å². The fraction of sp³-hybridized carbons (Fsp3) is 0.412. The standard InChI is InChI=1S/C17H19N5O2/c23-6-13(16-19-14-3-1-2-4-15(14)24-16)5-18-17-7-20-10-21(8-17)12-22(9-17)11-20/h1-6,18H,7-12H2/b13-5+. The van der Waals surface area contributed by atoms with Crippen molar-refractivity contribution in [1.82, 2.24) is 25.0 Å². The first-order valence-corrected chi connectivity index (χ1v) is 8.19. The van der Waals surface area contributed by atoms with E-state index in [1.165, 1.54) is 0 Å². The first-order valence-electron chi connectivity index (χ1n) is 8.19. The van der Waals surface area contributed by atoms with Gasteiger partial charge in [0.15, 0.2) is 11.9 Å². The molecule has 4 bridgehead atoms. The highest BCUT2D eigenvalue weighted by molar-refractivity contribution is 6.05. The quantitative estimate of drug-likeness (QED) is 0.649. The lowest BCUT2D eigenvalue weighted by Gasteiger charge is -2.60. The molecule has 7 nitrogen and oxygen atoms in total. The summed E-state index contributed by atoms with van der Waals surface area (Å²) in [4.78, 5) is 23.3. The summed E-state index contributed by atoms with van der Waals surface area (Å²) < 4.78 is 5.71. The molecule has 1 aromatic heterocycles. The zero-order valence-electron chi connectivity index (χ0n) is 13.3. The third-order valence-corrected chi connectivity index (χ3v) is 4.98. The van der Waals surface area contributed by atoms with E-state index in [-0.39, 0.29) is 5.54 Å². The van der Waals surface area contributed by atoms with Crippen LogP contribution in [0.3, 0.4) is 0 Å². The van der Waals surface area contributed by atoms with Crippen LogP contribution < -0.4 is 5.32 Å². The Hall–Kier alpha value is -2.22. The van der Waals surface area contributed by atoms with E-state index in [0.29, 0.717) is 17.0 Å². The van der Waals surface area contributed by atoms with Gasteiger partial charge in [-0.3, -0.25) is 19.5 Å². The molecule has 4 saturated heterocycles. The molecule has 124 valence electrons. The molecule has 1 aromatic carbocycles. The fourth-order valence-electron chi connectivity index (χ4n) is 4.23. The van der Waals surface area contributed by atoms with Crippen molar-refractivity contribution in [2.24, 2.45) is 0 Å². The minimum Gasteiger partial charge on any atom is -0.436 e. The maximum absolute atomic E-state index is 11.6. The number of nitrogens with zero attached hydrogens (tertiary/aromatic N) is 4. The lowest BCUT2D eigenvalue weighted by molar-refractivity contribution is -0.146. The summed E-state index contributed by atoms with van der Waals surface area (Å²) in [6.07, 6.45) is 2.58. The van der Waals surface area contributed by atoms with Crippen molar-refractivity contribution in [1.29, 1.82) is 0 Å². The number of rotatable bonds is 4. The summed E-state index contributed by atoms with van der Waals surface area (Å²) in [5.41, 5.74) is 1.87. The Bertz CT molecular complexity index is 759. The molecule has 0 spiro atoms. The first kappa shape index (κ1) is 14.2. The number of allylic oxidation sites excluding steroid dienone is 1. The van der Waals surface area contributed by atoms with E-state index in [1.54, 1.807) is 6.20 Å². The predicted molar refractivity (Wildman–Crippen MR) is 88.6 cm³/mol. The van der Waals surface area contributed by atoms with E-state index < -0.39 is 0 Å². The Morgan fingerprint density at radius 2 is 1.79 bits per heavy atom. The Kier molecular flexibility index (Phi) is 3.03. The van der Waals surface area contributed by atoms with Crippen LogP contribution in [0.25, 0.3) is 16.7 Å². The van der Waals surface area contributed by atoms with Crippen LogP contribution in [0.4, 0.5) is 0 Å². The summed E-state index contributed by atoms with van der Waals surface area (Å²) in [5, 5.41) is 3.50. The lowest BCUT2D eigenvalue weighted by atomic mass is 9.91. The Morgan fingerprint density at radius 3 is 2.42 bits per heavy atom. The molecule has 5 heterocycles. The van der Waals surface area contributed by atoms with Crippen molar-refractivity contribution < 1.29 is 9.21 Å². The van der Waals surface area contributed by atoms with Crippen LogP contribution in [-0.4, -0.2) is 71.1 Å². The number of aldehydes is 1. The molecule has 4 aliphatic heterocycles. The fourth-order valence-corrected chi connectivity index (χ4v) is 4.23. The summed E-state index contributed by atoms with van der Waals surface area (Å²) in [5.74, 6) is 0.365. The molecule has 0 atom stereocenters. The van der Waals surface area contributed by atoms with Crippen molar-refractivity contribution in [3.8, 4) is 0 Å². The minimum absolute atomic E-state index is 0.0327. The lowest BCUT2D eigenvalue weighted by Crippen LogP contribution is -2.79. The SMILES string of the molecule is O=C/C(=C\NC12CN3CN(CN(C3)C1)C2)c1nc2ccccc2o1. The maximum Gasteiger partial charge on any atom is 0.232 e. The number of hydrogen-bond acceptors (Lipinski definition) is 7. The second-order valence-electron chi connectivity index (χ2n) is 7.04. The Labute approximate surface area is 139 Å². The number of nitrogens with one attached hydrogen (secondary N) is 1. The molecular formula is C17H19N5O2. The van der Waals surface area contributed by atoms with Crippen LogP contribution >= 0.6 is 0 Å². The van der Waals surface area contributed by atoms with Gasteiger partial charge in [0.05, 0.1) is 31.1 Å². The Morgan fingerprint density at radius 1 is 1.12 bits per heavy atom. The van der Waals surface area contributed by atoms with Gasteiger partial charge >= 0.3 is 0 Å². The van der Waals surface area contributed by atoms with E-state index in [0.717, 1.165) is 51.4 Å². The van der Waals surface area contributed by atoms with E-state index in [4.69, 9.17) is 4.42 Å². The Balaban J connectivity index is 1.42. The average Bonchev–Trinajstić information content (AvgIpc) is 2.98. The van der Waals surface area contributed by atoms with E-state index in [2.05, 4.69) is 25.0 Å². The number of fused-ring (bicyclic) bond motifs is 1. The van der Waals surface area contributed by atoms with Gasteiger partial charge in [0.1, 0.15) is 5.52 Å². The predicted octanol–water partition coefficient (Wildman–Crippen LogP) is 0.515. The van der Waals surface area contributed by atoms with Crippen LogP contribution in [0.15, 0.2) is 34.9 Å². The van der Waals surface area contributed by atoms with Crippen molar-refractivity contribution >= 4 is 23.0 Å². The van der Waals surface area contributed by atoms with E-state index >= 15 is 0 Å². The van der Waals surface area contributed by atoms with Gasteiger partial charge in [0, 0.05) is 25.8 Å². The van der Waals surface area contributed by atoms with Gasteiger partial charge in [-0.2, -0.15) is 0 Å². The van der Waals surface area contributed by atoms with E-state index in [1.807, 2.05) is 24.3 Å². The van der Waals surface area contributed by atoms with Crippen molar-refractivity contribution in [2.75, 3.05) is 39.6 Å². The second kappa shape index (κ2) is 5.14. The molecule has 4 aliphatic rings. The van der Waals surface area contributed by atoms with Gasteiger partial charge in [-0.05, 0) is 12.1 Å². The number of carbonyl (C=O) groups excluding carboxylic acids is 1. The van der Waals surface area contributed by atoms with Gasteiger partial charge in [-0.25, -0.2) is 4.98 Å². The zero-order chi connectivity index (χ0) is 16.1. The molecule has 6 rings (SSSR count). The van der Waals surface area contributed by atoms with E-state index in [9.17, 15) is 4.79 Å². The van der Waals surface area contributed by atoms with Crippen LogP contribution in [0, 0.1) is 0 Å². The summed E-state index contributed by atoms with van der Waals surface area (Å²) >= 11 is 0. The number of oxazole rings is 1. The molecule has 0 aliphatic carbocycles. The van der Waals surface area contributed by atoms with Crippen molar-refractivity contribution in [3.63, 3.8) is 0 Å². The number of aromatic nitrogens is 1. The van der Waals surface area contributed by atoms with Gasteiger partial charge in [0.25, 0.3) is 0 Å². The smallest absolute Gasteiger partial charge is 0.232 e. The third kappa shape index (κ3) is 2.24. The molecule has 0 radical (unpaired) electrons. The summed E-state index contributed by atoms with van der Waals surface area (Å²) in [6, 6.07) is 7.54. The highest BCUT2D eigenvalue weighted by Crippen LogP contribution is 2.29. The molecule has 0 saturated carbocycles. The summed E-state index contributed by atoms with van der Waals surface area (Å²) in [7, 11) is 0. The highest BCUT2D eigenvalue weighted by Gasteiger charge is 2.48. The number of carbonyl (C=O) groups is 1. The zero-order valence-corrected chi connectivity index (χ0v) is 13.3. The molecule has 7 heteroatoms. The van der Waals surface area contributed by atoms with Crippen molar-refractivity contribution in [3.05, 3.63) is 36.4 Å². The van der Waals surface area contributed by atoms with Gasteiger partial charge < -0.3 is 9.73 Å². The molecule has 0 unspecified atom stereocenters. The molecule has 0 amide bonds. The number of hydrogen-bond donors (Lipinski definition) is 1. The average molecular weight is 325 g/mol.